The molecule has 0 spiro atoms. The maximum absolute atomic E-state index is 10.7. The van der Waals surface area contributed by atoms with Gasteiger partial charge in [0.1, 0.15) is 5.70 Å². The van der Waals surface area contributed by atoms with E-state index in [4.69, 9.17) is 5.73 Å². The van der Waals surface area contributed by atoms with Gasteiger partial charge in [-0.3, -0.25) is 4.79 Å². The minimum absolute atomic E-state index is 0.342. The molecule has 0 saturated carbocycles. The fourth-order valence-corrected chi connectivity index (χ4v) is 1.58. The normalized spacial score (nSPS) is 11.9. The zero-order valence-corrected chi connectivity index (χ0v) is 9.05. The van der Waals surface area contributed by atoms with E-state index >= 15 is 0 Å². The highest BCUT2D eigenvalue weighted by Gasteiger charge is 2.04. The van der Waals surface area contributed by atoms with Crippen LogP contribution in [0.5, 0.6) is 0 Å². The van der Waals surface area contributed by atoms with E-state index < -0.39 is 0 Å². The lowest BCUT2D eigenvalue weighted by Crippen LogP contribution is -2.01. The largest absolute Gasteiger partial charge is 0.403 e. The van der Waals surface area contributed by atoms with Crippen molar-refractivity contribution in [2.75, 3.05) is 0 Å². The summed E-state index contributed by atoms with van der Waals surface area (Å²) in [6, 6.07) is 6.07. The minimum Gasteiger partial charge on any atom is -0.403 e. The fraction of sp³-hybridized carbons (Fsp3) is 0.167. The summed E-state index contributed by atoms with van der Waals surface area (Å²) in [7, 11) is 0. The maximum Gasteiger partial charge on any atom is 0.169 e. The summed E-state index contributed by atoms with van der Waals surface area (Å²) >= 11 is 0. The van der Waals surface area contributed by atoms with Gasteiger partial charge in [-0.25, -0.2) is 4.68 Å². The summed E-state index contributed by atoms with van der Waals surface area (Å²) in [6.45, 7) is 2.09. The molecule has 4 heteroatoms. The lowest BCUT2D eigenvalue weighted by Gasteiger charge is -1.95. The number of fused-ring (bicyclic) bond motifs is 1. The summed E-state index contributed by atoms with van der Waals surface area (Å²) in [5, 5.41) is 5.30. The van der Waals surface area contributed by atoms with Crippen LogP contribution in [0.25, 0.3) is 16.6 Å². The van der Waals surface area contributed by atoms with Crippen LogP contribution in [0.15, 0.2) is 30.6 Å². The Morgan fingerprint density at radius 2 is 2.38 bits per heavy atom. The first-order valence-electron chi connectivity index (χ1n) is 5.14. The molecule has 0 unspecified atom stereocenters. The monoisotopic (exact) mass is 215 g/mol. The van der Waals surface area contributed by atoms with E-state index in [1.165, 1.54) is 16.4 Å². The molecule has 4 nitrogen and oxygen atoms in total. The van der Waals surface area contributed by atoms with Crippen molar-refractivity contribution in [3.63, 3.8) is 0 Å². The molecule has 0 aliphatic heterocycles. The second-order valence-corrected chi connectivity index (χ2v) is 3.53. The van der Waals surface area contributed by atoms with Gasteiger partial charge >= 0.3 is 0 Å². The number of benzene rings is 1. The number of hydrogen-bond donors (Lipinski definition) is 1. The second-order valence-electron chi connectivity index (χ2n) is 3.53. The molecular weight excluding hydrogens is 202 g/mol. The third kappa shape index (κ3) is 1.69. The number of rotatable bonds is 3. The summed E-state index contributed by atoms with van der Waals surface area (Å²) in [4.78, 5) is 10.7. The van der Waals surface area contributed by atoms with Crippen LogP contribution in [0.3, 0.4) is 0 Å². The van der Waals surface area contributed by atoms with Gasteiger partial charge in [0.05, 0.1) is 5.52 Å². The summed E-state index contributed by atoms with van der Waals surface area (Å²) in [5.74, 6) is 0. The van der Waals surface area contributed by atoms with Gasteiger partial charge in [-0.1, -0.05) is 19.1 Å². The molecule has 2 N–H and O–H groups in total. The van der Waals surface area contributed by atoms with Crippen LogP contribution in [0, 0.1) is 0 Å². The lowest BCUT2D eigenvalue weighted by atomic mass is 10.1. The number of nitrogens with zero attached hydrogens (tertiary/aromatic N) is 2. The summed E-state index contributed by atoms with van der Waals surface area (Å²) in [6.07, 6.45) is 4.70. The number of nitrogens with two attached hydrogens (primary N) is 1. The van der Waals surface area contributed by atoms with E-state index in [1.54, 1.807) is 6.20 Å². The van der Waals surface area contributed by atoms with Gasteiger partial charge in [0.2, 0.25) is 0 Å². The Labute approximate surface area is 93.4 Å². The van der Waals surface area contributed by atoms with Crippen LogP contribution in [0.4, 0.5) is 0 Å². The molecule has 0 aliphatic rings. The second kappa shape index (κ2) is 4.18. The van der Waals surface area contributed by atoms with Gasteiger partial charge in [-0.15, -0.1) is 0 Å². The molecule has 1 aromatic heterocycles. The first-order valence-corrected chi connectivity index (χ1v) is 5.14. The molecule has 16 heavy (non-hydrogen) atoms. The molecule has 0 aliphatic carbocycles. The zero-order valence-electron chi connectivity index (χ0n) is 9.05. The van der Waals surface area contributed by atoms with Crippen LogP contribution >= 0.6 is 0 Å². The zero-order chi connectivity index (χ0) is 11.5. The predicted octanol–water partition coefficient (Wildman–Crippen LogP) is 1.55. The van der Waals surface area contributed by atoms with Crippen LogP contribution < -0.4 is 5.73 Å². The van der Waals surface area contributed by atoms with Crippen molar-refractivity contribution in [2.24, 2.45) is 5.73 Å². The van der Waals surface area contributed by atoms with E-state index in [0.29, 0.717) is 12.0 Å². The fourth-order valence-electron chi connectivity index (χ4n) is 1.58. The molecule has 1 aromatic carbocycles. The molecule has 1 heterocycles. The molecule has 0 saturated heterocycles. The Hall–Kier alpha value is -2.10. The van der Waals surface area contributed by atoms with Crippen molar-refractivity contribution in [1.82, 2.24) is 9.78 Å². The molecule has 2 rings (SSSR count). The third-order valence-electron chi connectivity index (χ3n) is 2.54. The minimum atomic E-state index is 0.342. The van der Waals surface area contributed by atoms with Crippen molar-refractivity contribution >= 4 is 22.9 Å². The molecular formula is C12H13N3O. The summed E-state index contributed by atoms with van der Waals surface area (Å²) in [5.41, 5.74) is 7.78. The number of aryl methyl sites for hydroxylation is 1. The SMILES string of the molecule is CCc1ccc2cn(/C(C=O)=C\N)nc2c1. The Bertz CT molecular complexity index is 554. The number of allylic oxidation sites excluding steroid dienone is 1. The van der Waals surface area contributed by atoms with Crippen LogP contribution in [-0.4, -0.2) is 16.1 Å². The van der Waals surface area contributed by atoms with Crippen molar-refractivity contribution in [2.45, 2.75) is 13.3 Å². The Morgan fingerprint density at radius 1 is 1.56 bits per heavy atom. The Kier molecular flexibility index (Phi) is 2.72. The lowest BCUT2D eigenvalue weighted by molar-refractivity contribution is -0.103. The number of hydrogen-bond acceptors (Lipinski definition) is 3. The molecule has 0 fully saturated rings. The number of carbonyl (C=O) groups is 1. The van der Waals surface area contributed by atoms with E-state index in [9.17, 15) is 4.79 Å². The molecule has 82 valence electrons. The van der Waals surface area contributed by atoms with Crippen LogP contribution in [-0.2, 0) is 11.2 Å². The van der Waals surface area contributed by atoms with Crippen molar-refractivity contribution in [3.8, 4) is 0 Å². The highest BCUT2D eigenvalue weighted by molar-refractivity contribution is 5.99. The number of aldehydes is 1. The van der Waals surface area contributed by atoms with E-state index in [1.807, 2.05) is 12.1 Å². The van der Waals surface area contributed by atoms with Gasteiger partial charge in [-0.05, 0) is 18.1 Å². The first kappa shape index (κ1) is 10.4. The average molecular weight is 215 g/mol. The van der Waals surface area contributed by atoms with Gasteiger partial charge < -0.3 is 5.73 Å². The standard InChI is InChI=1S/C12H13N3O/c1-2-9-3-4-10-7-15(11(6-13)8-16)14-12(10)5-9/h3-8H,2,13H2,1H3/b11-6-. The Balaban J connectivity index is 2.55. The highest BCUT2D eigenvalue weighted by atomic mass is 16.1. The maximum atomic E-state index is 10.7. The van der Waals surface area contributed by atoms with Crippen molar-refractivity contribution in [1.29, 1.82) is 0 Å². The topological polar surface area (TPSA) is 60.9 Å². The van der Waals surface area contributed by atoms with E-state index in [-0.39, 0.29) is 0 Å². The van der Waals surface area contributed by atoms with Crippen molar-refractivity contribution < 1.29 is 4.79 Å². The van der Waals surface area contributed by atoms with E-state index in [2.05, 4.69) is 18.1 Å². The van der Waals surface area contributed by atoms with Gasteiger partial charge in [0, 0.05) is 17.8 Å². The van der Waals surface area contributed by atoms with Gasteiger partial charge in [0.25, 0.3) is 0 Å². The molecule has 2 aromatic rings. The third-order valence-corrected chi connectivity index (χ3v) is 2.54. The predicted molar refractivity (Wildman–Crippen MR) is 63.6 cm³/mol. The van der Waals surface area contributed by atoms with E-state index in [0.717, 1.165) is 17.3 Å². The Morgan fingerprint density at radius 3 is 3.00 bits per heavy atom. The smallest absolute Gasteiger partial charge is 0.169 e. The van der Waals surface area contributed by atoms with Crippen LogP contribution in [0.2, 0.25) is 0 Å². The van der Waals surface area contributed by atoms with Crippen LogP contribution in [0.1, 0.15) is 12.5 Å². The number of carbonyl (C=O) groups excluding carboxylic acids is 1. The van der Waals surface area contributed by atoms with Gasteiger partial charge in [-0.2, -0.15) is 5.10 Å². The molecule has 0 atom stereocenters. The first-order chi connectivity index (χ1) is 7.78. The number of aromatic nitrogens is 2. The van der Waals surface area contributed by atoms with Gasteiger partial charge in [0.15, 0.2) is 6.29 Å². The van der Waals surface area contributed by atoms with Crippen molar-refractivity contribution in [3.05, 3.63) is 36.2 Å². The average Bonchev–Trinajstić information content (AvgIpc) is 2.72. The summed E-state index contributed by atoms with van der Waals surface area (Å²) < 4.78 is 1.50. The highest BCUT2D eigenvalue weighted by Crippen LogP contribution is 2.16. The molecule has 0 bridgehead atoms. The quantitative estimate of drug-likeness (QED) is 0.624. The molecule has 0 amide bonds. The molecule has 0 radical (unpaired) electrons.